The van der Waals surface area contributed by atoms with Gasteiger partial charge in [-0.3, -0.25) is 0 Å². The zero-order chi connectivity index (χ0) is 17.3. The van der Waals surface area contributed by atoms with Crippen molar-refractivity contribution in [3.8, 4) is 0 Å². The van der Waals surface area contributed by atoms with Gasteiger partial charge in [0.2, 0.25) is 0 Å². The van der Waals surface area contributed by atoms with Gasteiger partial charge < -0.3 is 14.2 Å². The topological polar surface area (TPSA) is 78.9 Å². The lowest BCUT2D eigenvalue weighted by atomic mass is 10.1. The smallest absolute Gasteiger partial charge is 0.333 e. The highest BCUT2D eigenvalue weighted by Gasteiger charge is 2.21. The average Bonchev–Trinajstić information content (AvgIpc) is 2.43. The van der Waals surface area contributed by atoms with E-state index < -0.39 is 24.0 Å². The second-order valence-corrected chi connectivity index (χ2v) is 4.71. The van der Waals surface area contributed by atoms with Crippen molar-refractivity contribution in [3.63, 3.8) is 0 Å². The maximum Gasteiger partial charge on any atom is 0.333 e. The van der Waals surface area contributed by atoms with Crippen molar-refractivity contribution >= 4 is 17.9 Å². The largest absolute Gasteiger partial charge is 0.463 e. The van der Waals surface area contributed by atoms with Crippen LogP contribution in [-0.4, -0.2) is 37.2 Å². The fourth-order valence-electron chi connectivity index (χ4n) is 1.27. The van der Waals surface area contributed by atoms with Gasteiger partial charge in [0.1, 0.15) is 12.7 Å². The average molecular weight is 310 g/mol. The van der Waals surface area contributed by atoms with Crippen LogP contribution in [0.1, 0.15) is 27.2 Å². The molecule has 1 atom stereocenters. The van der Waals surface area contributed by atoms with E-state index >= 15 is 0 Å². The quantitative estimate of drug-likeness (QED) is 0.369. The van der Waals surface area contributed by atoms with E-state index in [9.17, 15) is 14.4 Å². The van der Waals surface area contributed by atoms with Crippen LogP contribution < -0.4 is 0 Å². The third-order valence-electron chi connectivity index (χ3n) is 2.41. The van der Waals surface area contributed by atoms with Crippen molar-refractivity contribution in [2.24, 2.45) is 0 Å². The molecular weight excluding hydrogens is 288 g/mol. The highest BCUT2D eigenvalue weighted by molar-refractivity contribution is 5.89. The van der Waals surface area contributed by atoms with Gasteiger partial charge in [0, 0.05) is 23.1 Å². The molecule has 0 heterocycles. The number of esters is 3. The van der Waals surface area contributed by atoms with Crippen LogP contribution in [0.5, 0.6) is 0 Å². The van der Waals surface area contributed by atoms with Gasteiger partial charge in [-0.25, -0.2) is 14.4 Å². The molecule has 0 N–H and O–H groups in total. The van der Waals surface area contributed by atoms with Crippen molar-refractivity contribution < 1.29 is 28.6 Å². The Bertz CT molecular complexity index is 489. The van der Waals surface area contributed by atoms with E-state index in [0.29, 0.717) is 0 Å². The summed E-state index contributed by atoms with van der Waals surface area (Å²) in [5.41, 5.74) is 0.528. The monoisotopic (exact) mass is 310 g/mol. The molecule has 0 fully saturated rings. The molecule has 1 unspecified atom stereocenters. The highest BCUT2D eigenvalue weighted by Crippen LogP contribution is 2.12. The van der Waals surface area contributed by atoms with Crippen LogP contribution in [0.25, 0.3) is 0 Å². The van der Waals surface area contributed by atoms with Crippen molar-refractivity contribution in [2.45, 2.75) is 33.3 Å². The van der Waals surface area contributed by atoms with E-state index in [0.717, 1.165) is 0 Å². The molecule has 0 aliphatic heterocycles. The van der Waals surface area contributed by atoms with Gasteiger partial charge >= 0.3 is 17.9 Å². The third-order valence-corrected chi connectivity index (χ3v) is 2.41. The summed E-state index contributed by atoms with van der Waals surface area (Å²) in [4.78, 5) is 34.5. The van der Waals surface area contributed by atoms with Crippen molar-refractivity contribution in [3.05, 3.63) is 36.5 Å². The van der Waals surface area contributed by atoms with Crippen LogP contribution in [0.4, 0.5) is 0 Å². The van der Waals surface area contributed by atoms with Gasteiger partial charge in [-0.1, -0.05) is 19.7 Å². The van der Waals surface area contributed by atoms with Gasteiger partial charge in [0.15, 0.2) is 0 Å². The first-order valence-corrected chi connectivity index (χ1v) is 6.73. The summed E-state index contributed by atoms with van der Waals surface area (Å²) >= 11 is 0. The fraction of sp³-hybridized carbons (Fsp3) is 0.438. The van der Waals surface area contributed by atoms with Crippen LogP contribution in [0.2, 0.25) is 0 Å². The van der Waals surface area contributed by atoms with E-state index in [1.165, 1.54) is 13.8 Å². The molecule has 0 saturated carbocycles. The molecule has 0 spiro atoms. The number of carbonyl (C=O) groups excluding carboxylic acids is 3. The Kier molecular flexibility index (Phi) is 8.52. The predicted octanol–water partition coefficient (Wildman–Crippen LogP) is 2.10. The molecule has 6 heteroatoms. The molecule has 0 aliphatic carbocycles. The zero-order valence-electron chi connectivity index (χ0n) is 13.3. The summed E-state index contributed by atoms with van der Waals surface area (Å²) in [7, 11) is 0. The zero-order valence-corrected chi connectivity index (χ0v) is 13.3. The third kappa shape index (κ3) is 7.42. The van der Waals surface area contributed by atoms with Crippen molar-refractivity contribution in [1.29, 1.82) is 0 Å². The molecule has 0 saturated heterocycles. The summed E-state index contributed by atoms with van der Waals surface area (Å²) in [6, 6.07) is 0. The number of rotatable bonds is 9. The second-order valence-electron chi connectivity index (χ2n) is 4.71. The first-order valence-electron chi connectivity index (χ1n) is 6.73. The summed E-state index contributed by atoms with van der Waals surface area (Å²) < 4.78 is 14.9. The van der Waals surface area contributed by atoms with Crippen LogP contribution in [-0.2, 0) is 28.6 Å². The number of ether oxygens (including phenoxy) is 3. The predicted molar refractivity (Wildman–Crippen MR) is 80.9 cm³/mol. The Labute approximate surface area is 130 Å². The minimum Gasteiger partial charge on any atom is -0.463 e. The Balaban J connectivity index is 4.78. The lowest BCUT2D eigenvalue weighted by molar-refractivity contribution is -0.154. The van der Waals surface area contributed by atoms with Gasteiger partial charge in [0.25, 0.3) is 0 Å². The molecule has 0 aromatic heterocycles. The molecule has 0 amide bonds. The first kappa shape index (κ1) is 19.6. The van der Waals surface area contributed by atoms with Gasteiger partial charge in [-0.05, 0) is 20.8 Å². The Morgan fingerprint density at radius 3 is 1.91 bits per heavy atom. The normalized spacial score (nSPS) is 11.0. The summed E-state index contributed by atoms with van der Waals surface area (Å²) in [5, 5.41) is 0. The van der Waals surface area contributed by atoms with E-state index in [1.54, 1.807) is 6.92 Å². The standard InChI is InChI=1S/C16H22O6/c1-7-20-16(19)12(6)8-13(22-15(18)11(4)5)9-21-14(17)10(2)3/h13H,2,4,6-9H2,1,3,5H3. The Hall–Kier alpha value is -2.37. The molecule has 0 bridgehead atoms. The summed E-state index contributed by atoms with van der Waals surface area (Å²) in [5.74, 6) is -1.85. The van der Waals surface area contributed by atoms with Gasteiger partial charge in [0.05, 0.1) is 6.61 Å². The molecule has 122 valence electrons. The SMILES string of the molecule is C=C(C)C(=O)OCC(CC(=C)C(=O)OCC)OC(=O)C(=C)C. The molecule has 0 rings (SSSR count). The highest BCUT2D eigenvalue weighted by atomic mass is 16.6. The van der Waals surface area contributed by atoms with E-state index in [1.807, 2.05) is 0 Å². The second kappa shape index (κ2) is 9.55. The molecule has 0 aromatic carbocycles. The van der Waals surface area contributed by atoms with Crippen molar-refractivity contribution in [1.82, 2.24) is 0 Å². The number of hydrogen-bond donors (Lipinski definition) is 0. The van der Waals surface area contributed by atoms with Crippen LogP contribution >= 0.6 is 0 Å². The fourth-order valence-corrected chi connectivity index (χ4v) is 1.27. The molecule has 0 radical (unpaired) electrons. The number of hydrogen-bond acceptors (Lipinski definition) is 6. The van der Waals surface area contributed by atoms with Crippen LogP contribution in [0, 0.1) is 0 Å². The van der Waals surface area contributed by atoms with Crippen LogP contribution in [0.3, 0.4) is 0 Å². The minimum atomic E-state index is -0.857. The summed E-state index contributed by atoms with van der Waals surface area (Å²) in [6.07, 6.45) is -0.870. The molecular formula is C16H22O6. The molecule has 0 aliphatic rings. The summed E-state index contributed by atoms with van der Waals surface area (Å²) in [6.45, 7) is 15.1. The lowest BCUT2D eigenvalue weighted by Gasteiger charge is -2.18. The maximum atomic E-state index is 11.6. The van der Waals surface area contributed by atoms with Crippen LogP contribution in [0.15, 0.2) is 36.5 Å². The van der Waals surface area contributed by atoms with E-state index in [-0.39, 0.29) is 36.4 Å². The van der Waals surface area contributed by atoms with E-state index in [2.05, 4.69) is 19.7 Å². The Morgan fingerprint density at radius 2 is 1.45 bits per heavy atom. The first-order chi connectivity index (χ1) is 10.2. The number of carbonyl (C=O) groups is 3. The molecule has 0 aromatic rings. The molecule has 6 nitrogen and oxygen atoms in total. The van der Waals surface area contributed by atoms with Gasteiger partial charge in [-0.15, -0.1) is 0 Å². The maximum absolute atomic E-state index is 11.6. The van der Waals surface area contributed by atoms with Crippen molar-refractivity contribution in [2.75, 3.05) is 13.2 Å². The van der Waals surface area contributed by atoms with Gasteiger partial charge in [-0.2, -0.15) is 0 Å². The molecule has 22 heavy (non-hydrogen) atoms. The van der Waals surface area contributed by atoms with E-state index in [4.69, 9.17) is 14.2 Å². The lowest BCUT2D eigenvalue weighted by Crippen LogP contribution is -2.27. The minimum absolute atomic E-state index is 0.0126. The Morgan fingerprint density at radius 1 is 0.909 bits per heavy atom.